The van der Waals surface area contributed by atoms with Crippen LogP contribution in [0.25, 0.3) is 17.2 Å². The van der Waals surface area contributed by atoms with Crippen molar-refractivity contribution in [3.63, 3.8) is 0 Å². The number of benzene rings is 2. The molecule has 0 radical (unpaired) electrons. The van der Waals surface area contributed by atoms with Gasteiger partial charge in [-0.15, -0.1) is 0 Å². The smallest absolute Gasteiger partial charge is 0.133 e. The van der Waals surface area contributed by atoms with Gasteiger partial charge in [0, 0.05) is 5.22 Å². The Kier molecular flexibility index (Phi) is 3.76. The van der Waals surface area contributed by atoms with Gasteiger partial charge in [-0.1, -0.05) is 56.7 Å². The Hall–Kier alpha value is -2.11. The quantitative estimate of drug-likeness (QED) is 0.586. The molecule has 3 rings (SSSR count). The number of fused-ring (bicyclic) bond motifs is 3. The predicted molar refractivity (Wildman–Crippen MR) is 75.5 cm³/mol. The summed E-state index contributed by atoms with van der Waals surface area (Å²) in [6, 6.07) is 13.9. The van der Waals surface area contributed by atoms with Gasteiger partial charge in [-0.05, 0) is 28.8 Å². The molecule has 0 aromatic heterocycles. The van der Waals surface area contributed by atoms with Crippen molar-refractivity contribution in [1.82, 2.24) is 0 Å². The fourth-order valence-electron chi connectivity index (χ4n) is 2.07. The van der Waals surface area contributed by atoms with Gasteiger partial charge >= 0.3 is 0 Å². The Balaban J connectivity index is 0.000000367. The van der Waals surface area contributed by atoms with E-state index in [0.717, 1.165) is 10.8 Å². The molecule has 0 saturated carbocycles. The molecular formula is C17H16O. The Bertz CT molecular complexity index is 692. The highest BCUT2D eigenvalue weighted by Crippen LogP contribution is 2.24. The normalized spacial score (nSPS) is 10.3. The van der Waals surface area contributed by atoms with E-state index < -0.39 is 0 Å². The lowest BCUT2D eigenvalue weighted by Gasteiger charge is -1.98. The lowest BCUT2D eigenvalue weighted by molar-refractivity contribution is 0.567. The van der Waals surface area contributed by atoms with Crippen LogP contribution in [0, 0.1) is 0 Å². The van der Waals surface area contributed by atoms with Crippen LogP contribution in [-0.2, 0) is 4.79 Å². The molecule has 0 heterocycles. The molecule has 1 aliphatic carbocycles. The SMILES string of the molecule is CCC.O=C=c1cccc2c1=Cc1ccccc1-2. The van der Waals surface area contributed by atoms with Gasteiger partial charge in [0.1, 0.15) is 5.94 Å². The molecular weight excluding hydrogens is 220 g/mol. The second-order valence-corrected chi connectivity index (χ2v) is 4.31. The van der Waals surface area contributed by atoms with Crippen LogP contribution in [0.15, 0.2) is 42.5 Å². The minimum Gasteiger partial charge on any atom is -0.233 e. The summed E-state index contributed by atoms with van der Waals surface area (Å²) in [5.41, 5.74) is 3.51. The topological polar surface area (TPSA) is 17.1 Å². The van der Waals surface area contributed by atoms with Crippen LogP contribution in [0.3, 0.4) is 0 Å². The summed E-state index contributed by atoms with van der Waals surface area (Å²) in [6.45, 7) is 4.25. The van der Waals surface area contributed by atoms with E-state index >= 15 is 0 Å². The van der Waals surface area contributed by atoms with Crippen molar-refractivity contribution in [2.24, 2.45) is 0 Å². The number of rotatable bonds is 0. The summed E-state index contributed by atoms with van der Waals surface area (Å²) in [7, 11) is 0. The Morgan fingerprint density at radius 3 is 2.33 bits per heavy atom. The van der Waals surface area contributed by atoms with Crippen molar-refractivity contribution in [2.75, 3.05) is 0 Å². The van der Waals surface area contributed by atoms with Crippen molar-refractivity contribution in [2.45, 2.75) is 20.3 Å². The molecule has 0 saturated heterocycles. The maximum Gasteiger partial charge on any atom is 0.133 e. The summed E-state index contributed by atoms with van der Waals surface area (Å²) >= 11 is 0. The molecule has 0 amide bonds. The molecule has 1 aliphatic rings. The van der Waals surface area contributed by atoms with Crippen LogP contribution in [-0.4, -0.2) is 5.94 Å². The first kappa shape index (κ1) is 12.3. The standard InChI is InChI=1S/C14H8O.C3H8/c15-9-11-5-3-7-13-12-6-2-1-4-10(12)8-14(11)13;1-3-2/h1-8H;3H2,1-2H3. The van der Waals surface area contributed by atoms with Crippen LogP contribution in [0.1, 0.15) is 25.8 Å². The average Bonchev–Trinajstić information content (AvgIpc) is 2.78. The number of hydrogen-bond donors (Lipinski definition) is 0. The van der Waals surface area contributed by atoms with Gasteiger partial charge in [0.2, 0.25) is 0 Å². The van der Waals surface area contributed by atoms with Gasteiger partial charge in [-0.25, -0.2) is 4.79 Å². The van der Waals surface area contributed by atoms with E-state index in [1.165, 1.54) is 17.5 Å². The molecule has 0 unspecified atom stereocenters. The second kappa shape index (κ2) is 5.48. The summed E-state index contributed by atoms with van der Waals surface area (Å²) < 4.78 is 0. The van der Waals surface area contributed by atoms with Crippen LogP contribution >= 0.6 is 0 Å². The Labute approximate surface area is 107 Å². The molecule has 2 aromatic carbocycles. The summed E-state index contributed by atoms with van der Waals surface area (Å²) in [5, 5.41) is 1.64. The third kappa shape index (κ3) is 2.13. The molecule has 0 aliphatic heterocycles. The predicted octanol–water partition coefficient (Wildman–Crippen LogP) is 2.42. The highest BCUT2D eigenvalue weighted by molar-refractivity contribution is 5.83. The third-order valence-electron chi connectivity index (χ3n) is 2.77. The maximum atomic E-state index is 10.8. The first-order chi connectivity index (χ1) is 8.81. The molecule has 0 N–H and O–H groups in total. The van der Waals surface area contributed by atoms with Gasteiger partial charge < -0.3 is 0 Å². The zero-order chi connectivity index (χ0) is 13.0. The van der Waals surface area contributed by atoms with Gasteiger partial charge in [-0.2, -0.15) is 0 Å². The van der Waals surface area contributed by atoms with Crippen LogP contribution in [0.5, 0.6) is 0 Å². The largest absolute Gasteiger partial charge is 0.233 e. The average molecular weight is 236 g/mol. The zero-order valence-corrected chi connectivity index (χ0v) is 10.7. The van der Waals surface area contributed by atoms with Gasteiger partial charge in [0.05, 0.1) is 5.22 Å². The summed E-state index contributed by atoms with van der Waals surface area (Å²) in [6.07, 6.45) is 3.30. The van der Waals surface area contributed by atoms with Crippen molar-refractivity contribution < 1.29 is 4.79 Å². The lowest BCUT2D eigenvalue weighted by Crippen LogP contribution is -2.25. The van der Waals surface area contributed by atoms with Crippen molar-refractivity contribution in [3.05, 3.63) is 58.5 Å². The molecule has 2 aromatic rings. The highest BCUT2D eigenvalue weighted by atomic mass is 16.1. The first-order valence-corrected chi connectivity index (χ1v) is 6.27. The van der Waals surface area contributed by atoms with E-state index in [2.05, 4.69) is 26.0 Å². The molecule has 18 heavy (non-hydrogen) atoms. The molecule has 0 bridgehead atoms. The van der Waals surface area contributed by atoms with Crippen LogP contribution in [0.2, 0.25) is 0 Å². The minimum absolute atomic E-state index is 0.642. The van der Waals surface area contributed by atoms with Crippen molar-refractivity contribution in [3.8, 4) is 11.1 Å². The van der Waals surface area contributed by atoms with E-state index in [4.69, 9.17) is 0 Å². The van der Waals surface area contributed by atoms with Crippen LogP contribution in [0.4, 0.5) is 0 Å². The molecule has 0 fully saturated rings. The van der Waals surface area contributed by atoms with Gasteiger partial charge in [0.15, 0.2) is 0 Å². The van der Waals surface area contributed by atoms with Crippen LogP contribution < -0.4 is 10.4 Å². The first-order valence-electron chi connectivity index (χ1n) is 6.27. The van der Waals surface area contributed by atoms with Crippen molar-refractivity contribution in [1.29, 1.82) is 0 Å². The summed E-state index contributed by atoms with van der Waals surface area (Å²) in [4.78, 5) is 10.8. The van der Waals surface area contributed by atoms with E-state index in [-0.39, 0.29) is 0 Å². The van der Waals surface area contributed by atoms with Gasteiger partial charge in [-0.3, -0.25) is 0 Å². The van der Waals surface area contributed by atoms with E-state index in [1.807, 2.05) is 36.3 Å². The monoisotopic (exact) mass is 236 g/mol. The molecule has 90 valence electrons. The minimum atomic E-state index is 0.642. The van der Waals surface area contributed by atoms with E-state index in [0.29, 0.717) is 5.22 Å². The van der Waals surface area contributed by atoms with E-state index in [1.54, 1.807) is 6.07 Å². The fourth-order valence-corrected chi connectivity index (χ4v) is 2.07. The van der Waals surface area contributed by atoms with Gasteiger partial charge in [0.25, 0.3) is 0 Å². The molecule has 0 atom stereocenters. The lowest BCUT2D eigenvalue weighted by atomic mass is 10.1. The Morgan fingerprint density at radius 1 is 0.944 bits per heavy atom. The number of hydrogen-bond acceptors (Lipinski definition) is 1. The molecule has 0 spiro atoms. The number of carbonyl (C=O) groups excluding carboxylic acids is 1. The maximum absolute atomic E-state index is 10.8. The zero-order valence-electron chi connectivity index (χ0n) is 10.7. The van der Waals surface area contributed by atoms with Crippen molar-refractivity contribution >= 4 is 12.0 Å². The van der Waals surface area contributed by atoms with E-state index in [9.17, 15) is 4.79 Å². The summed E-state index contributed by atoms with van der Waals surface area (Å²) in [5.74, 6) is 1.98. The second-order valence-electron chi connectivity index (χ2n) is 4.31. The fraction of sp³-hybridized carbons (Fsp3) is 0.176. The highest BCUT2D eigenvalue weighted by Gasteiger charge is 2.10. The third-order valence-corrected chi connectivity index (χ3v) is 2.77. The molecule has 1 nitrogen and oxygen atoms in total. The Morgan fingerprint density at radius 2 is 1.61 bits per heavy atom. The molecule has 1 heteroatoms.